The molecule has 59 heavy (non-hydrogen) atoms. The van der Waals surface area contributed by atoms with E-state index in [1.54, 1.807) is 0 Å². The van der Waals surface area contributed by atoms with Gasteiger partial charge >= 0.3 is 7.82 Å². The minimum absolute atomic E-state index is 0.0804. The van der Waals surface area contributed by atoms with Crippen LogP contribution in [0.5, 0.6) is 0 Å². The fraction of sp³-hybridized carbons (Fsp3) is 1.00. The van der Waals surface area contributed by atoms with Gasteiger partial charge in [0.2, 0.25) is 0 Å². The second-order valence-electron chi connectivity index (χ2n) is 16.2. The van der Waals surface area contributed by atoms with Crippen molar-refractivity contribution in [2.45, 2.75) is 213 Å². The Labute approximate surface area is 365 Å². The number of ether oxygens (including phenoxy) is 6. The Kier molecular flexibility index (Phi) is 52.1. The van der Waals surface area contributed by atoms with Gasteiger partial charge in [-0.25, -0.2) is 4.57 Å². The first-order chi connectivity index (χ1) is 29.2. The summed E-state index contributed by atoms with van der Waals surface area (Å²) in [4.78, 5) is 0. The summed E-state index contributed by atoms with van der Waals surface area (Å²) in [6.45, 7) is 13.1. The first kappa shape index (κ1) is 58.9. The molecule has 0 saturated heterocycles. The number of unbranched alkanes of at least 4 members (excludes halogenated alkanes) is 27. The molecule has 0 aliphatic heterocycles. The summed E-state index contributed by atoms with van der Waals surface area (Å²) in [5.41, 5.74) is 0. The molecule has 0 heterocycles. The average molecular weight is 867 g/mol. The van der Waals surface area contributed by atoms with Gasteiger partial charge in [-0.3, -0.25) is 13.6 Å². The third-order valence-corrected chi connectivity index (χ3v) is 12.0. The standard InChI is InChI=1S/C48H99O10P/c1-4-7-10-13-16-19-22-25-28-31-34-50-37-40-53-43-46-56-59(49,57-47-44-54-41-38-51-35-32-29-26-23-20-17-14-11-8-5-2)58-48-45-55-42-39-52-36-33-30-27-24-21-18-15-12-9-6-3/h4-48H2,1-3H3. The Morgan fingerprint density at radius 2 is 0.390 bits per heavy atom. The molecule has 0 aromatic rings. The van der Waals surface area contributed by atoms with Crippen LogP contribution in [0.4, 0.5) is 0 Å². The smallest absolute Gasteiger partial charge is 0.379 e. The van der Waals surface area contributed by atoms with Crippen LogP contribution >= 0.6 is 7.82 Å². The van der Waals surface area contributed by atoms with Crippen molar-refractivity contribution in [3.63, 3.8) is 0 Å². The minimum atomic E-state index is -3.82. The summed E-state index contributed by atoms with van der Waals surface area (Å²) in [5.74, 6) is 0. The van der Waals surface area contributed by atoms with E-state index in [9.17, 15) is 4.57 Å². The second-order valence-corrected chi connectivity index (χ2v) is 17.8. The van der Waals surface area contributed by atoms with Crippen molar-refractivity contribution in [2.75, 3.05) is 99.1 Å². The molecule has 0 amide bonds. The van der Waals surface area contributed by atoms with E-state index in [2.05, 4.69) is 20.8 Å². The molecule has 0 fully saturated rings. The lowest BCUT2D eigenvalue weighted by atomic mass is 10.1. The van der Waals surface area contributed by atoms with E-state index >= 15 is 0 Å². The fourth-order valence-electron chi connectivity index (χ4n) is 6.78. The summed E-state index contributed by atoms with van der Waals surface area (Å²) in [5, 5.41) is 0. The molecule has 11 heteroatoms. The Hall–Kier alpha value is -0.130. The van der Waals surface area contributed by atoms with Crippen molar-refractivity contribution in [3.05, 3.63) is 0 Å². The zero-order valence-corrected chi connectivity index (χ0v) is 40.2. The van der Waals surface area contributed by atoms with E-state index in [1.165, 1.54) is 173 Å². The molecule has 0 atom stereocenters. The van der Waals surface area contributed by atoms with E-state index < -0.39 is 7.82 Å². The molecule has 0 N–H and O–H groups in total. The molecule has 356 valence electrons. The molecule has 0 rings (SSSR count). The van der Waals surface area contributed by atoms with Crippen molar-refractivity contribution >= 4 is 7.82 Å². The van der Waals surface area contributed by atoms with Crippen LogP contribution in [0.15, 0.2) is 0 Å². The first-order valence-corrected chi connectivity index (χ1v) is 26.6. The van der Waals surface area contributed by atoms with E-state index in [1.807, 2.05) is 0 Å². The van der Waals surface area contributed by atoms with E-state index in [4.69, 9.17) is 42.0 Å². The van der Waals surface area contributed by atoms with E-state index in [0.29, 0.717) is 39.6 Å². The number of rotatable bonds is 54. The van der Waals surface area contributed by atoms with Crippen LogP contribution in [-0.4, -0.2) is 99.1 Å². The fourth-order valence-corrected chi connectivity index (χ4v) is 7.89. The summed E-state index contributed by atoms with van der Waals surface area (Å²) in [6.07, 6.45) is 39.3. The summed E-state index contributed by atoms with van der Waals surface area (Å²) in [7, 11) is -3.82. The van der Waals surface area contributed by atoms with Crippen molar-refractivity contribution in [1.29, 1.82) is 0 Å². The summed E-state index contributed by atoms with van der Waals surface area (Å²) < 4.78 is 64.3. The van der Waals surface area contributed by atoms with Gasteiger partial charge in [-0.2, -0.15) is 0 Å². The minimum Gasteiger partial charge on any atom is -0.379 e. The summed E-state index contributed by atoms with van der Waals surface area (Å²) >= 11 is 0. The van der Waals surface area contributed by atoms with Crippen molar-refractivity contribution < 1.29 is 46.6 Å². The number of phosphoric acid groups is 1. The van der Waals surface area contributed by atoms with Crippen molar-refractivity contribution in [2.24, 2.45) is 0 Å². The number of phosphoric ester groups is 1. The molecule has 0 aliphatic carbocycles. The van der Waals surface area contributed by atoms with Gasteiger partial charge in [-0.15, -0.1) is 0 Å². The summed E-state index contributed by atoms with van der Waals surface area (Å²) in [6, 6.07) is 0. The normalized spacial score (nSPS) is 12.0. The maximum Gasteiger partial charge on any atom is 0.475 e. The SMILES string of the molecule is CCCCCCCCCCCCOCCOCCOP(=O)(OCCOCCOCCCCCCCCCCCC)OCCOCCOCCCCCCCCCCCC. The van der Waals surface area contributed by atoms with Crippen LogP contribution in [0.1, 0.15) is 213 Å². The number of hydrogen-bond acceptors (Lipinski definition) is 10. The molecule has 0 spiro atoms. The largest absolute Gasteiger partial charge is 0.475 e. The molecular formula is C48H99O10P. The zero-order valence-electron chi connectivity index (χ0n) is 39.3. The second kappa shape index (κ2) is 52.2. The molecule has 0 aliphatic rings. The van der Waals surface area contributed by atoms with Crippen LogP contribution in [0.2, 0.25) is 0 Å². The van der Waals surface area contributed by atoms with Gasteiger partial charge in [-0.1, -0.05) is 194 Å². The van der Waals surface area contributed by atoms with Gasteiger partial charge < -0.3 is 28.4 Å². The number of hydrogen-bond donors (Lipinski definition) is 0. The molecule has 0 bridgehead atoms. The Bertz CT molecular complexity index is 708. The van der Waals surface area contributed by atoms with Crippen molar-refractivity contribution in [3.8, 4) is 0 Å². The predicted molar refractivity (Wildman–Crippen MR) is 246 cm³/mol. The highest BCUT2D eigenvalue weighted by molar-refractivity contribution is 7.48. The molecule has 0 aromatic carbocycles. The van der Waals surface area contributed by atoms with Gasteiger partial charge in [0.15, 0.2) is 0 Å². The first-order valence-electron chi connectivity index (χ1n) is 25.2. The Balaban J connectivity index is 4.08. The van der Waals surface area contributed by atoms with Gasteiger partial charge in [0.25, 0.3) is 0 Å². The third-order valence-electron chi connectivity index (χ3n) is 10.5. The van der Waals surface area contributed by atoms with E-state index in [-0.39, 0.29) is 39.6 Å². The van der Waals surface area contributed by atoms with Gasteiger partial charge in [0.1, 0.15) is 0 Å². The molecular weight excluding hydrogens is 767 g/mol. The lowest BCUT2D eigenvalue weighted by Gasteiger charge is -2.18. The zero-order chi connectivity index (χ0) is 42.7. The van der Waals surface area contributed by atoms with Crippen LogP contribution < -0.4 is 0 Å². The van der Waals surface area contributed by atoms with Gasteiger partial charge in [-0.05, 0) is 19.3 Å². The maximum absolute atomic E-state index is 13.4. The highest BCUT2D eigenvalue weighted by atomic mass is 31.2. The molecule has 10 nitrogen and oxygen atoms in total. The van der Waals surface area contributed by atoms with Gasteiger partial charge in [0.05, 0.1) is 79.3 Å². The highest BCUT2D eigenvalue weighted by Gasteiger charge is 2.26. The highest BCUT2D eigenvalue weighted by Crippen LogP contribution is 2.49. The topological polar surface area (TPSA) is 100 Å². The molecule has 0 radical (unpaired) electrons. The van der Waals surface area contributed by atoms with Crippen LogP contribution in [0, 0.1) is 0 Å². The van der Waals surface area contributed by atoms with Gasteiger partial charge in [0, 0.05) is 19.8 Å². The van der Waals surface area contributed by atoms with Crippen LogP contribution in [0.25, 0.3) is 0 Å². The Morgan fingerprint density at radius 3 is 0.610 bits per heavy atom. The van der Waals surface area contributed by atoms with Crippen molar-refractivity contribution in [1.82, 2.24) is 0 Å². The molecule has 0 unspecified atom stereocenters. The lowest BCUT2D eigenvalue weighted by Crippen LogP contribution is -2.14. The molecule has 0 aromatic heterocycles. The average Bonchev–Trinajstić information content (AvgIpc) is 3.24. The maximum atomic E-state index is 13.4. The monoisotopic (exact) mass is 867 g/mol. The quantitative estimate of drug-likeness (QED) is 0.0434. The van der Waals surface area contributed by atoms with Crippen LogP contribution in [0.3, 0.4) is 0 Å². The third kappa shape index (κ3) is 50.4. The van der Waals surface area contributed by atoms with Crippen LogP contribution in [-0.2, 0) is 46.6 Å². The lowest BCUT2D eigenvalue weighted by molar-refractivity contribution is 0.00595. The molecule has 0 saturated carbocycles. The Morgan fingerprint density at radius 1 is 0.220 bits per heavy atom. The predicted octanol–water partition coefficient (Wildman–Crippen LogP) is 14.0. The van der Waals surface area contributed by atoms with E-state index in [0.717, 1.165) is 39.1 Å².